The molecule has 0 radical (unpaired) electrons. The summed E-state index contributed by atoms with van der Waals surface area (Å²) in [5.41, 5.74) is -0.385. The van der Waals surface area contributed by atoms with Crippen LogP contribution in [0.3, 0.4) is 0 Å². The van der Waals surface area contributed by atoms with Crippen LogP contribution >= 0.6 is 0 Å². The van der Waals surface area contributed by atoms with Crippen LogP contribution in [-0.4, -0.2) is 42.7 Å². The minimum atomic E-state index is -1.30. The molecule has 0 spiro atoms. The Kier molecular flexibility index (Phi) is 3.81. The molecule has 98 valence electrons. The largest absolute Gasteiger partial charge is 0.492 e. The van der Waals surface area contributed by atoms with E-state index in [1.807, 2.05) is 7.05 Å². The van der Waals surface area contributed by atoms with Crippen LogP contribution < -0.4 is 4.74 Å². The number of benzene rings is 1. The molecular weight excluding hydrogens is 237 g/mol. The monoisotopic (exact) mass is 253 g/mol. The van der Waals surface area contributed by atoms with Gasteiger partial charge in [0.05, 0.1) is 6.61 Å². The summed E-state index contributed by atoms with van der Waals surface area (Å²) in [6, 6.07) is 4.07. The number of aromatic carboxylic acids is 1. The number of hydrogen-bond acceptors (Lipinski definition) is 3. The average Bonchev–Trinajstić information content (AvgIpc) is 2.72. The molecule has 1 aliphatic rings. The average molecular weight is 253 g/mol. The minimum Gasteiger partial charge on any atom is -0.492 e. The Bertz CT molecular complexity index is 450. The summed E-state index contributed by atoms with van der Waals surface area (Å²) in [5.74, 6) is -1.58. The van der Waals surface area contributed by atoms with Crippen molar-refractivity contribution in [2.45, 2.75) is 6.42 Å². The maximum Gasteiger partial charge on any atom is 0.342 e. The number of likely N-dealkylation sites (tertiary alicyclic amines) is 1. The normalized spacial score (nSPS) is 20.0. The molecule has 1 aromatic rings. The molecule has 2 rings (SSSR count). The van der Waals surface area contributed by atoms with Gasteiger partial charge < -0.3 is 14.7 Å². The van der Waals surface area contributed by atoms with Crippen LogP contribution in [0.25, 0.3) is 0 Å². The van der Waals surface area contributed by atoms with Gasteiger partial charge in [-0.05, 0) is 32.1 Å². The molecule has 1 unspecified atom stereocenters. The van der Waals surface area contributed by atoms with E-state index in [-0.39, 0.29) is 11.3 Å². The number of carbonyl (C=O) groups is 1. The minimum absolute atomic E-state index is 0.108. The van der Waals surface area contributed by atoms with Gasteiger partial charge >= 0.3 is 5.97 Å². The highest BCUT2D eigenvalue weighted by atomic mass is 19.1. The van der Waals surface area contributed by atoms with Crippen LogP contribution in [0.4, 0.5) is 4.39 Å². The SMILES string of the molecule is CN1CCC(COc2cccc(F)c2C(=O)O)C1. The van der Waals surface area contributed by atoms with Gasteiger partial charge in [-0.3, -0.25) is 0 Å². The van der Waals surface area contributed by atoms with Crippen molar-refractivity contribution >= 4 is 5.97 Å². The lowest BCUT2D eigenvalue weighted by atomic mass is 10.1. The molecule has 18 heavy (non-hydrogen) atoms. The third kappa shape index (κ3) is 2.79. The predicted octanol–water partition coefficient (Wildman–Crippen LogP) is 1.85. The fourth-order valence-corrected chi connectivity index (χ4v) is 2.20. The summed E-state index contributed by atoms with van der Waals surface area (Å²) < 4.78 is 18.9. The van der Waals surface area contributed by atoms with E-state index in [4.69, 9.17) is 9.84 Å². The van der Waals surface area contributed by atoms with E-state index >= 15 is 0 Å². The van der Waals surface area contributed by atoms with Gasteiger partial charge in [-0.25, -0.2) is 9.18 Å². The molecular formula is C13H16FNO3. The molecule has 1 aliphatic heterocycles. The van der Waals surface area contributed by atoms with Crippen molar-refractivity contribution in [1.29, 1.82) is 0 Å². The van der Waals surface area contributed by atoms with Gasteiger partial charge in [0.25, 0.3) is 0 Å². The van der Waals surface area contributed by atoms with Gasteiger partial charge in [0.1, 0.15) is 17.1 Å². The van der Waals surface area contributed by atoms with Crippen molar-refractivity contribution in [3.8, 4) is 5.75 Å². The van der Waals surface area contributed by atoms with Crippen LogP contribution in [0.5, 0.6) is 5.75 Å². The smallest absolute Gasteiger partial charge is 0.342 e. The topological polar surface area (TPSA) is 49.8 Å². The first-order chi connectivity index (χ1) is 8.58. The highest BCUT2D eigenvalue weighted by Gasteiger charge is 2.22. The van der Waals surface area contributed by atoms with Crippen molar-refractivity contribution in [3.05, 3.63) is 29.6 Å². The molecule has 0 aromatic heterocycles. The van der Waals surface area contributed by atoms with E-state index in [2.05, 4.69) is 4.90 Å². The first-order valence-corrected chi connectivity index (χ1v) is 5.91. The third-order valence-electron chi connectivity index (χ3n) is 3.15. The van der Waals surface area contributed by atoms with Crippen molar-refractivity contribution in [2.24, 2.45) is 5.92 Å². The van der Waals surface area contributed by atoms with Gasteiger partial charge in [-0.1, -0.05) is 6.07 Å². The Morgan fingerprint density at radius 3 is 3.00 bits per heavy atom. The fraction of sp³-hybridized carbons (Fsp3) is 0.462. The molecule has 5 heteroatoms. The second-order valence-electron chi connectivity index (χ2n) is 4.65. The van der Waals surface area contributed by atoms with Gasteiger partial charge in [-0.2, -0.15) is 0 Å². The Morgan fingerprint density at radius 2 is 2.39 bits per heavy atom. The number of nitrogens with zero attached hydrogens (tertiary/aromatic N) is 1. The highest BCUT2D eigenvalue weighted by Crippen LogP contribution is 2.23. The number of halogens is 1. The van der Waals surface area contributed by atoms with E-state index in [1.165, 1.54) is 12.1 Å². The molecule has 1 heterocycles. The molecule has 1 aromatic carbocycles. The van der Waals surface area contributed by atoms with Crippen molar-refractivity contribution in [2.75, 3.05) is 26.7 Å². The summed E-state index contributed by atoms with van der Waals surface area (Å²) in [4.78, 5) is 13.2. The van der Waals surface area contributed by atoms with Crippen molar-refractivity contribution < 1.29 is 19.0 Å². The van der Waals surface area contributed by atoms with Gasteiger partial charge in [-0.15, -0.1) is 0 Å². The van der Waals surface area contributed by atoms with Crippen LogP contribution in [0.2, 0.25) is 0 Å². The maximum absolute atomic E-state index is 13.4. The number of rotatable bonds is 4. The highest BCUT2D eigenvalue weighted by molar-refractivity contribution is 5.91. The Morgan fingerprint density at radius 1 is 1.61 bits per heavy atom. The molecule has 0 amide bonds. The molecule has 0 saturated carbocycles. The summed E-state index contributed by atoms with van der Waals surface area (Å²) in [7, 11) is 2.03. The maximum atomic E-state index is 13.4. The predicted molar refractivity (Wildman–Crippen MR) is 64.5 cm³/mol. The Labute approximate surface area is 105 Å². The van der Waals surface area contributed by atoms with Crippen LogP contribution in [0.1, 0.15) is 16.8 Å². The van der Waals surface area contributed by atoms with Gasteiger partial charge in [0.15, 0.2) is 0 Å². The van der Waals surface area contributed by atoms with Crippen molar-refractivity contribution in [1.82, 2.24) is 4.90 Å². The number of ether oxygens (including phenoxy) is 1. The zero-order valence-electron chi connectivity index (χ0n) is 10.2. The van der Waals surface area contributed by atoms with E-state index in [9.17, 15) is 9.18 Å². The fourth-order valence-electron chi connectivity index (χ4n) is 2.20. The summed E-state index contributed by atoms with van der Waals surface area (Å²) in [6.45, 7) is 2.37. The summed E-state index contributed by atoms with van der Waals surface area (Å²) in [5, 5.41) is 8.95. The summed E-state index contributed by atoms with van der Waals surface area (Å²) >= 11 is 0. The molecule has 1 N–H and O–H groups in total. The number of carboxylic acids is 1. The zero-order valence-corrected chi connectivity index (χ0v) is 10.2. The van der Waals surface area contributed by atoms with E-state index < -0.39 is 11.8 Å². The summed E-state index contributed by atoms with van der Waals surface area (Å²) in [6.07, 6.45) is 1.02. The van der Waals surface area contributed by atoms with Gasteiger partial charge in [0.2, 0.25) is 0 Å². The number of hydrogen-bond donors (Lipinski definition) is 1. The molecule has 1 fully saturated rings. The molecule has 1 saturated heterocycles. The molecule has 1 atom stereocenters. The lowest BCUT2D eigenvalue weighted by molar-refractivity contribution is 0.0686. The quantitative estimate of drug-likeness (QED) is 0.889. The van der Waals surface area contributed by atoms with Crippen LogP contribution in [-0.2, 0) is 0 Å². The first-order valence-electron chi connectivity index (χ1n) is 5.91. The lowest BCUT2D eigenvalue weighted by Crippen LogP contribution is -2.18. The first kappa shape index (κ1) is 12.8. The third-order valence-corrected chi connectivity index (χ3v) is 3.15. The van der Waals surface area contributed by atoms with E-state index in [1.54, 1.807) is 0 Å². The van der Waals surface area contributed by atoms with E-state index in [0.29, 0.717) is 12.5 Å². The molecule has 4 nitrogen and oxygen atoms in total. The standard InChI is InChI=1S/C13H16FNO3/c1-15-6-5-9(7-15)8-18-11-4-2-3-10(14)12(11)13(16)17/h2-4,9H,5-8H2,1H3,(H,16,17). The van der Waals surface area contributed by atoms with E-state index in [0.717, 1.165) is 25.6 Å². The second kappa shape index (κ2) is 5.35. The molecule has 0 bridgehead atoms. The van der Waals surface area contributed by atoms with Crippen LogP contribution in [0.15, 0.2) is 18.2 Å². The second-order valence-corrected chi connectivity index (χ2v) is 4.65. The zero-order chi connectivity index (χ0) is 13.1. The number of carboxylic acid groups (broad SMARTS) is 1. The lowest BCUT2D eigenvalue weighted by Gasteiger charge is -2.14. The Hall–Kier alpha value is -1.62. The van der Waals surface area contributed by atoms with Crippen LogP contribution in [0, 0.1) is 11.7 Å². The Balaban J connectivity index is 2.05. The van der Waals surface area contributed by atoms with Crippen molar-refractivity contribution in [3.63, 3.8) is 0 Å². The van der Waals surface area contributed by atoms with Gasteiger partial charge in [0, 0.05) is 12.5 Å². The molecule has 0 aliphatic carbocycles.